The van der Waals surface area contributed by atoms with Crippen molar-refractivity contribution in [3.05, 3.63) is 0 Å². The summed E-state index contributed by atoms with van der Waals surface area (Å²) in [5.74, 6) is -0.190. The van der Waals surface area contributed by atoms with Crippen LogP contribution < -0.4 is 11.1 Å². The predicted octanol–water partition coefficient (Wildman–Crippen LogP) is 0.467. The van der Waals surface area contributed by atoms with Gasteiger partial charge < -0.3 is 11.1 Å². The van der Waals surface area contributed by atoms with Crippen LogP contribution in [0.4, 0.5) is 0 Å². The summed E-state index contributed by atoms with van der Waals surface area (Å²) in [6.07, 6.45) is 5.43. The van der Waals surface area contributed by atoms with Crippen molar-refractivity contribution in [1.29, 1.82) is 0 Å². The van der Waals surface area contributed by atoms with Gasteiger partial charge in [-0.3, -0.25) is 9.69 Å². The Balaban J connectivity index is 2.04. The van der Waals surface area contributed by atoms with Crippen LogP contribution in [-0.4, -0.2) is 42.0 Å². The van der Waals surface area contributed by atoms with Crippen LogP contribution in [0, 0.1) is 0 Å². The topological polar surface area (TPSA) is 58.4 Å². The number of carbonyl (C=O) groups is 1. The van der Waals surface area contributed by atoms with Crippen molar-refractivity contribution in [2.24, 2.45) is 5.73 Å². The van der Waals surface area contributed by atoms with E-state index in [0.717, 1.165) is 19.3 Å². The van der Waals surface area contributed by atoms with Crippen LogP contribution in [0.1, 0.15) is 39.0 Å². The van der Waals surface area contributed by atoms with E-state index in [9.17, 15) is 4.79 Å². The quantitative estimate of drug-likeness (QED) is 0.734. The van der Waals surface area contributed by atoms with E-state index in [2.05, 4.69) is 17.1 Å². The lowest BCUT2D eigenvalue weighted by atomic mass is 9.96. The molecule has 16 heavy (non-hydrogen) atoms. The zero-order valence-corrected chi connectivity index (χ0v) is 10.3. The van der Waals surface area contributed by atoms with Gasteiger partial charge in [0.1, 0.15) is 0 Å². The van der Waals surface area contributed by atoms with Crippen LogP contribution >= 0.6 is 0 Å². The van der Waals surface area contributed by atoms with Crippen molar-refractivity contribution in [3.8, 4) is 0 Å². The lowest BCUT2D eigenvalue weighted by molar-refractivity contribution is -0.124. The van der Waals surface area contributed by atoms with E-state index in [1.807, 2.05) is 7.05 Å². The second kappa shape index (κ2) is 4.34. The van der Waals surface area contributed by atoms with Crippen molar-refractivity contribution < 1.29 is 4.79 Å². The van der Waals surface area contributed by atoms with Crippen molar-refractivity contribution in [2.75, 3.05) is 13.6 Å². The van der Waals surface area contributed by atoms with Gasteiger partial charge >= 0.3 is 0 Å². The fourth-order valence-corrected chi connectivity index (χ4v) is 3.37. The molecule has 1 aliphatic heterocycles. The summed E-state index contributed by atoms with van der Waals surface area (Å²) in [6, 6.07) is 1.21. The highest BCUT2D eigenvalue weighted by Crippen LogP contribution is 2.35. The largest absolute Gasteiger partial charge is 0.368 e. The predicted molar refractivity (Wildman–Crippen MR) is 64.0 cm³/mol. The number of rotatable bonds is 3. The first-order valence-electron chi connectivity index (χ1n) is 6.33. The molecule has 2 aliphatic rings. The van der Waals surface area contributed by atoms with E-state index in [1.54, 1.807) is 0 Å². The van der Waals surface area contributed by atoms with Crippen molar-refractivity contribution in [2.45, 2.75) is 56.7 Å². The average Bonchev–Trinajstić information content (AvgIpc) is 2.84. The van der Waals surface area contributed by atoms with Gasteiger partial charge in [-0.2, -0.15) is 0 Å². The molecule has 2 rings (SSSR count). The molecule has 1 aliphatic carbocycles. The van der Waals surface area contributed by atoms with Crippen LogP contribution in [0.3, 0.4) is 0 Å². The maximum atomic E-state index is 11.5. The summed E-state index contributed by atoms with van der Waals surface area (Å²) in [6.45, 7) is 3.47. The fourth-order valence-electron chi connectivity index (χ4n) is 3.37. The highest BCUT2D eigenvalue weighted by atomic mass is 16.1. The van der Waals surface area contributed by atoms with Gasteiger partial charge in [0, 0.05) is 12.1 Å². The Morgan fingerprint density at radius 1 is 1.50 bits per heavy atom. The molecule has 1 saturated heterocycles. The van der Waals surface area contributed by atoms with Gasteiger partial charge in [0.25, 0.3) is 0 Å². The minimum Gasteiger partial charge on any atom is -0.368 e. The number of primary amides is 1. The number of nitrogens with zero attached hydrogens (tertiary/aromatic N) is 1. The van der Waals surface area contributed by atoms with Crippen molar-refractivity contribution in [3.63, 3.8) is 0 Å². The first kappa shape index (κ1) is 11.9. The third-order valence-corrected chi connectivity index (χ3v) is 4.51. The number of nitrogens with two attached hydrogens (primary N) is 1. The number of amides is 1. The Kier molecular flexibility index (Phi) is 3.22. The van der Waals surface area contributed by atoms with Gasteiger partial charge in [0.2, 0.25) is 5.91 Å². The smallest absolute Gasteiger partial charge is 0.237 e. The highest BCUT2D eigenvalue weighted by Gasteiger charge is 2.45. The maximum Gasteiger partial charge on any atom is 0.237 e. The second-order valence-electron chi connectivity index (χ2n) is 5.32. The van der Waals surface area contributed by atoms with E-state index in [-0.39, 0.29) is 5.91 Å². The number of carbonyl (C=O) groups excluding carboxylic acids is 1. The maximum absolute atomic E-state index is 11.5. The molecule has 3 N–H and O–H groups in total. The Hall–Kier alpha value is -0.610. The summed E-state index contributed by atoms with van der Waals surface area (Å²) < 4.78 is 0. The third kappa shape index (κ3) is 1.84. The Labute approximate surface area is 97.6 Å². The molecule has 0 bridgehead atoms. The van der Waals surface area contributed by atoms with Gasteiger partial charge in [-0.15, -0.1) is 0 Å². The SMILES string of the molecule is CNC1(C(N)=O)CCC(N2CCCC2C)C1. The fraction of sp³-hybridized carbons (Fsp3) is 0.917. The van der Waals surface area contributed by atoms with E-state index in [0.29, 0.717) is 12.1 Å². The second-order valence-corrected chi connectivity index (χ2v) is 5.32. The van der Waals surface area contributed by atoms with Gasteiger partial charge in [-0.1, -0.05) is 0 Å². The minimum absolute atomic E-state index is 0.190. The summed E-state index contributed by atoms with van der Waals surface area (Å²) in [5.41, 5.74) is 5.07. The molecule has 0 aromatic heterocycles. The molecular formula is C12H23N3O. The lowest BCUT2D eigenvalue weighted by Gasteiger charge is -2.30. The molecule has 3 unspecified atom stereocenters. The van der Waals surface area contributed by atoms with E-state index >= 15 is 0 Å². The number of nitrogens with one attached hydrogen (secondary N) is 1. The normalized spacial score (nSPS) is 40.4. The monoisotopic (exact) mass is 225 g/mol. The summed E-state index contributed by atoms with van der Waals surface area (Å²) in [5, 5.41) is 3.14. The van der Waals surface area contributed by atoms with Crippen LogP contribution in [0.15, 0.2) is 0 Å². The minimum atomic E-state index is -0.451. The molecule has 0 radical (unpaired) electrons. The molecular weight excluding hydrogens is 202 g/mol. The van der Waals surface area contributed by atoms with Gasteiger partial charge in [-0.25, -0.2) is 0 Å². The van der Waals surface area contributed by atoms with Gasteiger partial charge in [0.05, 0.1) is 5.54 Å². The Morgan fingerprint density at radius 3 is 2.69 bits per heavy atom. The molecule has 3 atom stereocenters. The standard InChI is InChI=1S/C12H23N3O/c1-9-4-3-7-15(9)10-5-6-12(8-10,14-2)11(13)16/h9-10,14H,3-8H2,1-2H3,(H2,13,16). The zero-order valence-electron chi connectivity index (χ0n) is 10.3. The average molecular weight is 225 g/mol. The number of likely N-dealkylation sites (N-methyl/N-ethyl adjacent to an activating group) is 1. The number of hydrogen-bond donors (Lipinski definition) is 2. The number of hydrogen-bond acceptors (Lipinski definition) is 3. The van der Waals surface area contributed by atoms with E-state index < -0.39 is 5.54 Å². The van der Waals surface area contributed by atoms with E-state index in [1.165, 1.54) is 19.4 Å². The molecule has 1 saturated carbocycles. The molecule has 4 heteroatoms. The Morgan fingerprint density at radius 2 is 2.25 bits per heavy atom. The van der Waals surface area contributed by atoms with E-state index in [4.69, 9.17) is 5.73 Å². The van der Waals surface area contributed by atoms with Crippen molar-refractivity contribution in [1.82, 2.24) is 10.2 Å². The molecule has 4 nitrogen and oxygen atoms in total. The Bertz CT molecular complexity index is 281. The van der Waals surface area contributed by atoms with Crippen molar-refractivity contribution >= 4 is 5.91 Å². The molecule has 2 fully saturated rings. The lowest BCUT2D eigenvalue weighted by Crippen LogP contribution is -2.53. The summed E-state index contributed by atoms with van der Waals surface area (Å²) >= 11 is 0. The zero-order chi connectivity index (χ0) is 11.8. The molecule has 0 aromatic carbocycles. The first-order chi connectivity index (χ1) is 7.59. The molecule has 1 heterocycles. The number of likely N-dealkylation sites (tertiary alicyclic amines) is 1. The summed E-state index contributed by atoms with van der Waals surface area (Å²) in [4.78, 5) is 14.1. The molecule has 92 valence electrons. The van der Waals surface area contributed by atoms with Crippen LogP contribution in [0.5, 0.6) is 0 Å². The molecule has 0 aromatic rings. The molecule has 0 spiro atoms. The van der Waals surface area contributed by atoms with Gasteiger partial charge in [0.15, 0.2) is 0 Å². The van der Waals surface area contributed by atoms with Gasteiger partial charge in [-0.05, 0) is 52.6 Å². The van der Waals surface area contributed by atoms with Crippen LogP contribution in [0.2, 0.25) is 0 Å². The third-order valence-electron chi connectivity index (χ3n) is 4.51. The highest BCUT2D eigenvalue weighted by molar-refractivity contribution is 5.85. The van der Waals surface area contributed by atoms with Crippen LogP contribution in [-0.2, 0) is 4.79 Å². The summed E-state index contributed by atoms with van der Waals surface area (Å²) in [7, 11) is 1.85. The first-order valence-corrected chi connectivity index (χ1v) is 6.33. The molecule has 1 amide bonds. The van der Waals surface area contributed by atoms with Crippen LogP contribution in [0.25, 0.3) is 0 Å².